The van der Waals surface area contributed by atoms with Crippen LogP contribution in [-0.2, 0) is 4.74 Å². The Morgan fingerprint density at radius 2 is 1.79 bits per heavy atom. The molecule has 0 aromatic heterocycles. The smallest absolute Gasteiger partial charge is 0.0704 e. The summed E-state index contributed by atoms with van der Waals surface area (Å²) in [5.41, 5.74) is 1.34. The zero-order valence-corrected chi connectivity index (χ0v) is 17.7. The molecule has 1 aliphatic rings. The van der Waals surface area contributed by atoms with Gasteiger partial charge in [-0.2, -0.15) is 5.10 Å². The molecular weight excluding hydrogens is 363 g/mol. The number of methoxy groups -OCH3 is 1. The molecule has 0 N–H and O–H groups in total. The van der Waals surface area contributed by atoms with E-state index in [4.69, 9.17) is 16.3 Å². The molecule has 0 saturated carbocycles. The molecule has 2 aromatic rings. The Morgan fingerprint density at radius 1 is 1.18 bits per heavy atom. The normalized spacial score (nSPS) is 18.3. The summed E-state index contributed by atoms with van der Waals surface area (Å²) in [4.78, 5) is 0. The number of benzene rings is 2. The zero-order chi connectivity index (χ0) is 19.8. The molecule has 4 heteroatoms. The van der Waals surface area contributed by atoms with E-state index in [0.717, 1.165) is 31.7 Å². The first-order chi connectivity index (χ1) is 13.7. The minimum Gasteiger partial charge on any atom is -0.382 e. The summed E-state index contributed by atoms with van der Waals surface area (Å²) in [7, 11) is 1.13. The van der Waals surface area contributed by atoms with Gasteiger partial charge in [0.1, 0.15) is 0 Å². The van der Waals surface area contributed by atoms with Crippen molar-refractivity contribution in [1.82, 2.24) is 5.01 Å². The third-order valence-electron chi connectivity index (χ3n) is 5.17. The predicted octanol–water partition coefficient (Wildman–Crippen LogP) is 4.00. The highest BCUT2D eigenvalue weighted by molar-refractivity contribution is 7.74. The number of hydrogen-bond donors (Lipinski definition) is 0. The summed E-state index contributed by atoms with van der Waals surface area (Å²) in [6.45, 7) is 3.86. The highest BCUT2D eigenvalue weighted by Gasteiger charge is 2.29. The molecule has 2 atom stereocenters. The maximum absolute atomic E-state index is 5.82. The van der Waals surface area contributed by atoms with Gasteiger partial charge in [-0.1, -0.05) is 60.7 Å². The van der Waals surface area contributed by atoms with Crippen molar-refractivity contribution in [2.75, 3.05) is 20.3 Å². The Morgan fingerprint density at radius 3 is 2.32 bits per heavy atom. The Bertz CT molecular complexity index is 761. The first kappa shape index (κ1) is 20.6. The molecule has 1 heterocycles. The molecule has 0 amide bonds. The molecule has 1 saturated heterocycles. The second-order valence-electron chi connectivity index (χ2n) is 7.12. The van der Waals surface area contributed by atoms with Crippen molar-refractivity contribution in [1.29, 1.82) is 0 Å². The molecule has 3 rings (SSSR count). The summed E-state index contributed by atoms with van der Waals surface area (Å²) in [6, 6.07) is 21.8. The van der Waals surface area contributed by atoms with Gasteiger partial charge in [-0.15, -0.1) is 12.3 Å². The Hall–Kier alpha value is -2.14. The van der Waals surface area contributed by atoms with Crippen LogP contribution in [0.1, 0.15) is 26.2 Å². The lowest BCUT2D eigenvalue weighted by atomic mass is 10.2. The van der Waals surface area contributed by atoms with E-state index in [9.17, 15) is 0 Å². The van der Waals surface area contributed by atoms with Crippen molar-refractivity contribution in [3.05, 3.63) is 60.7 Å². The molecule has 3 nitrogen and oxygen atoms in total. The van der Waals surface area contributed by atoms with Gasteiger partial charge in [0, 0.05) is 31.4 Å². The van der Waals surface area contributed by atoms with E-state index < -0.39 is 7.92 Å². The number of nitrogens with zero attached hydrogens (tertiary/aromatic N) is 2. The molecular formula is C24H29N2OP. The third-order valence-corrected chi connectivity index (χ3v) is 8.05. The van der Waals surface area contributed by atoms with Gasteiger partial charge in [-0.05, 0) is 38.3 Å². The van der Waals surface area contributed by atoms with Crippen molar-refractivity contribution in [3.63, 3.8) is 0 Å². The average Bonchev–Trinajstić information content (AvgIpc) is 3.16. The number of ether oxygens (including phenoxy) is 1. The van der Waals surface area contributed by atoms with Crippen molar-refractivity contribution in [2.45, 2.75) is 37.9 Å². The first-order valence-electron chi connectivity index (χ1n) is 9.88. The fraction of sp³-hybridized carbons (Fsp3) is 0.375. The summed E-state index contributed by atoms with van der Waals surface area (Å²) in [6.07, 6.45) is 8.80. The van der Waals surface area contributed by atoms with E-state index >= 15 is 0 Å². The van der Waals surface area contributed by atoms with Crippen LogP contribution in [-0.4, -0.2) is 42.7 Å². The number of rotatable bonds is 8. The second kappa shape index (κ2) is 10.4. The fourth-order valence-corrected chi connectivity index (χ4v) is 6.52. The molecule has 2 aromatic carbocycles. The van der Waals surface area contributed by atoms with Crippen molar-refractivity contribution < 1.29 is 4.74 Å². The Kier molecular flexibility index (Phi) is 7.66. The monoisotopic (exact) mass is 392 g/mol. The molecule has 1 fully saturated rings. The molecule has 0 radical (unpaired) electrons. The number of hydrogen-bond acceptors (Lipinski definition) is 3. The van der Waals surface area contributed by atoms with E-state index in [0.29, 0.717) is 12.5 Å². The molecule has 0 aliphatic carbocycles. The predicted molar refractivity (Wildman–Crippen MR) is 121 cm³/mol. The first-order valence-corrected chi connectivity index (χ1v) is 11.3. The van der Waals surface area contributed by atoms with Crippen LogP contribution in [0, 0.1) is 12.3 Å². The standard InChI is InChI=1S/C24H29N2OP/c1-4-12-24(20(2)25-26-18-11-13-21(26)19-27-3)28(22-14-7-5-8-15-22)23-16-9-6-10-17-23/h1,5-10,14-17,21,24H,11-13,18-19H2,2-3H3/b25-20+/t21-,24?/m1/s1. The van der Waals surface area contributed by atoms with Gasteiger partial charge >= 0.3 is 0 Å². The van der Waals surface area contributed by atoms with Crippen LogP contribution < -0.4 is 10.6 Å². The van der Waals surface area contributed by atoms with Crippen LogP contribution in [0.2, 0.25) is 0 Å². The van der Waals surface area contributed by atoms with E-state index in [1.807, 2.05) is 0 Å². The van der Waals surface area contributed by atoms with Crippen molar-refractivity contribution in [3.8, 4) is 12.3 Å². The number of terminal acetylenes is 1. The number of hydrazone groups is 1. The quantitative estimate of drug-likeness (QED) is 0.385. The SMILES string of the molecule is C#CCC(/C(C)=N/N1CCC[C@@H]1COC)P(c1ccccc1)c1ccccc1. The maximum atomic E-state index is 5.82. The van der Waals surface area contributed by atoms with Crippen LogP contribution in [0.3, 0.4) is 0 Å². The van der Waals surface area contributed by atoms with Crippen molar-refractivity contribution in [2.24, 2.45) is 5.10 Å². The van der Waals surface area contributed by atoms with E-state index in [1.165, 1.54) is 10.6 Å². The highest BCUT2D eigenvalue weighted by Crippen LogP contribution is 2.42. The largest absolute Gasteiger partial charge is 0.382 e. The molecule has 1 unspecified atom stereocenters. The lowest BCUT2D eigenvalue weighted by Crippen LogP contribution is -2.33. The minimum atomic E-state index is -0.633. The van der Waals surface area contributed by atoms with Crippen LogP contribution in [0.15, 0.2) is 65.8 Å². The maximum Gasteiger partial charge on any atom is 0.0704 e. The summed E-state index contributed by atoms with van der Waals surface area (Å²) < 4.78 is 5.39. The van der Waals surface area contributed by atoms with E-state index in [-0.39, 0.29) is 5.66 Å². The van der Waals surface area contributed by atoms with Gasteiger partial charge < -0.3 is 4.74 Å². The lowest BCUT2D eigenvalue weighted by molar-refractivity contribution is 0.118. The molecule has 1 aliphatic heterocycles. The molecule has 28 heavy (non-hydrogen) atoms. The summed E-state index contributed by atoms with van der Waals surface area (Å²) in [5, 5.41) is 9.95. The van der Waals surface area contributed by atoms with Gasteiger partial charge in [0.25, 0.3) is 0 Å². The fourth-order valence-electron chi connectivity index (χ4n) is 3.81. The van der Waals surface area contributed by atoms with Crippen LogP contribution in [0.25, 0.3) is 0 Å². The van der Waals surface area contributed by atoms with Crippen LogP contribution in [0.5, 0.6) is 0 Å². The average molecular weight is 392 g/mol. The third kappa shape index (κ3) is 5.02. The second-order valence-corrected chi connectivity index (χ2v) is 9.52. The lowest BCUT2D eigenvalue weighted by Gasteiger charge is -2.29. The Labute approximate surface area is 170 Å². The Balaban J connectivity index is 1.97. The van der Waals surface area contributed by atoms with Gasteiger partial charge in [0.15, 0.2) is 0 Å². The van der Waals surface area contributed by atoms with Crippen LogP contribution >= 0.6 is 7.92 Å². The van der Waals surface area contributed by atoms with Gasteiger partial charge in [0.05, 0.1) is 12.6 Å². The molecule has 0 spiro atoms. The summed E-state index contributed by atoms with van der Waals surface area (Å²) in [5.74, 6) is 2.92. The van der Waals surface area contributed by atoms with E-state index in [1.54, 1.807) is 7.11 Å². The minimum absolute atomic E-state index is 0.216. The van der Waals surface area contributed by atoms with Gasteiger partial charge in [0.2, 0.25) is 0 Å². The van der Waals surface area contributed by atoms with Crippen LogP contribution in [0.4, 0.5) is 0 Å². The zero-order valence-electron chi connectivity index (χ0n) is 16.8. The highest BCUT2D eigenvalue weighted by atomic mass is 31.1. The molecule has 0 bridgehead atoms. The molecule has 146 valence electrons. The van der Waals surface area contributed by atoms with Gasteiger partial charge in [-0.3, -0.25) is 5.01 Å². The summed E-state index contributed by atoms with van der Waals surface area (Å²) >= 11 is 0. The van der Waals surface area contributed by atoms with E-state index in [2.05, 4.69) is 78.5 Å². The topological polar surface area (TPSA) is 24.8 Å². The van der Waals surface area contributed by atoms with Crippen molar-refractivity contribution >= 4 is 24.2 Å². The van der Waals surface area contributed by atoms with Gasteiger partial charge in [-0.25, -0.2) is 0 Å².